The van der Waals surface area contributed by atoms with Crippen LogP contribution in [0.25, 0.3) is 0 Å². The molecule has 4 nitrogen and oxygen atoms in total. The Bertz CT molecular complexity index is 466. The van der Waals surface area contributed by atoms with Crippen molar-refractivity contribution in [3.63, 3.8) is 0 Å². The molecule has 1 unspecified atom stereocenters. The molecular formula is C17H26N2O2. The van der Waals surface area contributed by atoms with E-state index in [1.807, 2.05) is 31.2 Å². The first-order valence-electron chi connectivity index (χ1n) is 7.65. The second-order valence-corrected chi connectivity index (χ2v) is 6.20. The Kier molecular flexibility index (Phi) is 5.37. The standard InChI is InChI=1S/C17H26N2O2/c1-13-4-6-14(7-5-13)15(18)16(20)19-12-17(8-3-9-17)10-11-21-2/h4-7,15H,3,8-12,18H2,1-2H3,(H,19,20). The summed E-state index contributed by atoms with van der Waals surface area (Å²) in [5.41, 5.74) is 8.29. The van der Waals surface area contributed by atoms with Gasteiger partial charge in [0.05, 0.1) is 0 Å². The van der Waals surface area contributed by atoms with Gasteiger partial charge in [0.25, 0.3) is 0 Å². The first-order chi connectivity index (χ1) is 10.1. The zero-order chi connectivity index (χ0) is 15.3. The van der Waals surface area contributed by atoms with Crippen LogP contribution in [-0.4, -0.2) is 26.2 Å². The summed E-state index contributed by atoms with van der Waals surface area (Å²) in [6, 6.07) is 7.21. The summed E-state index contributed by atoms with van der Waals surface area (Å²) in [5, 5.41) is 3.03. The minimum absolute atomic E-state index is 0.0949. The van der Waals surface area contributed by atoms with E-state index in [2.05, 4.69) is 5.32 Å². The molecule has 1 aromatic carbocycles. The van der Waals surface area contributed by atoms with Gasteiger partial charge in [-0.25, -0.2) is 0 Å². The van der Waals surface area contributed by atoms with Crippen molar-refractivity contribution in [2.24, 2.45) is 11.1 Å². The highest BCUT2D eigenvalue weighted by atomic mass is 16.5. The van der Waals surface area contributed by atoms with Crippen LogP contribution in [0.15, 0.2) is 24.3 Å². The fourth-order valence-electron chi connectivity index (χ4n) is 2.82. The lowest BCUT2D eigenvalue weighted by Gasteiger charge is -2.42. The van der Waals surface area contributed by atoms with Gasteiger partial charge >= 0.3 is 0 Å². The second kappa shape index (κ2) is 7.05. The molecule has 1 fully saturated rings. The molecule has 1 atom stereocenters. The SMILES string of the molecule is COCCC1(CNC(=O)C(N)c2ccc(C)cc2)CCC1. The molecule has 0 aromatic heterocycles. The predicted molar refractivity (Wildman–Crippen MR) is 83.9 cm³/mol. The molecule has 4 heteroatoms. The minimum atomic E-state index is -0.592. The number of hydrogen-bond donors (Lipinski definition) is 2. The van der Waals surface area contributed by atoms with Crippen molar-refractivity contribution in [3.05, 3.63) is 35.4 Å². The zero-order valence-electron chi connectivity index (χ0n) is 13.0. The topological polar surface area (TPSA) is 64.3 Å². The van der Waals surface area contributed by atoms with Crippen molar-refractivity contribution in [2.45, 2.75) is 38.6 Å². The molecule has 1 aliphatic rings. The summed E-state index contributed by atoms with van der Waals surface area (Å²) in [4.78, 5) is 12.2. The van der Waals surface area contributed by atoms with Crippen LogP contribution in [0.2, 0.25) is 0 Å². The van der Waals surface area contributed by atoms with Crippen LogP contribution >= 0.6 is 0 Å². The molecule has 1 aliphatic carbocycles. The van der Waals surface area contributed by atoms with E-state index < -0.39 is 6.04 Å². The van der Waals surface area contributed by atoms with E-state index in [1.54, 1.807) is 7.11 Å². The van der Waals surface area contributed by atoms with Gasteiger partial charge in [0.1, 0.15) is 6.04 Å². The van der Waals surface area contributed by atoms with Crippen LogP contribution in [-0.2, 0) is 9.53 Å². The van der Waals surface area contributed by atoms with Gasteiger partial charge in [-0.15, -0.1) is 0 Å². The lowest BCUT2D eigenvalue weighted by atomic mass is 9.66. The number of carbonyl (C=O) groups is 1. The van der Waals surface area contributed by atoms with Gasteiger partial charge in [-0.1, -0.05) is 36.2 Å². The summed E-state index contributed by atoms with van der Waals surface area (Å²) >= 11 is 0. The fourth-order valence-corrected chi connectivity index (χ4v) is 2.82. The van der Waals surface area contributed by atoms with E-state index in [0.717, 1.165) is 31.4 Å². The largest absolute Gasteiger partial charge is 0.385 e. The fraction of sp³-hybridized carbons (Fsp3) is 0.588. The molecule has 0 spiro atoms. The lowest BCUT2D eigenvalue weighted by Crippen LogP contribution is -2.45. The molecule has 0 aliphatic heterocycles. The molecule has 0 bridgehead atoms. The van der Waals surface area contributed by atoms with Crippen LogP contribution in [0, 0.1) is 12.3 Å². The van der Waals surface area contributed by atoms with Gasteiger partial charge in [0.15, 0.2) is 0 Å². The summed E-state index contributed by atoms with van der Waals surface area (Å²) in [6.45, 7) is 3.47. The molecule has 3 N–H and O–H groups in total. The Morgan fingerprint density at radius 2 is 2.05 bits per heavy atom. The number of ether oxygens (including phenoxy) is 1. The molecule has 1 saturated carbocycles. The summed E-state index contributed by atoms with van der Waals surface area (Å²) in [7, 11) is 1.72. The minimum Gasteiger partial charge on any atom is -0.385 e. The Morgan fingerprint density at radius 3 is 2.57 bits per heavy atom. The summed E-state index contributed by atoms with van der Waals surface area (Å²) < 4.78 is 5.17. The van der Waals surface area contributed by atoms with E-state index >= 15 is 0 Å². The van der Waals surface area contributed by atoms with Crippen molar-refractivity contribution in [3.8, 4) is 0 Å². The second-order valence-electron chi connectivity index (χ2n) is 6.20. The molecule has 1 amide bonds. The number of amides is 1. The Labute approximate surface area is 127 Å². The van der Waals surface area contributed by atoms with Crippen molar-refractivity contribution >= 4 is 5.91 Å². The molecule has 21 heavy (non-hydrogen) atoms. The highest BCUT2D eigenvalue weighted by Crippen LogP contribution is 2.43. The molecular weight excluding hydrogens is 264 g/mol. The van der Waals surface area contributed by atoms with Crippen molar-refractivity contribution < 1.29 is 9.53 Å². The number of carbonyl (C=O) groups excluding carboxylic acids is 1. The van der Waals surface area contributed by atoms with E-state index in [4.69, 9.17) is 10.5 Å². The first-order valence-corrected chi connectivity index (χ1v) is 7.65. The first kappa shape index (κ1) is 16.0. The molecule has 116 valence electrons. The molecule has 2 rings (SSSR count). The van der Waals surface area contributed by atoms with Gasteiger partial charge in [-0.3, -0.25) is 4.79 Å². The maximum atomic E-state index is 12.2. The summed E-state index contributed by atoms with van der Waals surface area (Å²) in [6.07, 6.45) is 4.57. The highest BCUT2D eigenvalue weighted by Gasteiger charge is 2.37. The quantitative estimate of drug-likeness (QED) is 0.810. The average molecular weight is 290 g/mol. The maximum absolute atomic E-state index is 12.2. The lowest BCUT2D eigenvalue weighted by molar-refractivity contribution is -0.123. The number of methoxy groups -OCH3 is 1. The number of nitrogens with two attached hydrogens (primary N) is 1. The van der Waals surface area contributed by atoms with E-state index in [1.165, 1.54) is 12.0 Å². The van der Waals surface area contributed by atoms with Crippen LogP contribution in [0.4, 0.5) is 0 Å². The maximum Gasteiger partial charge on any atom is 0.241 e. The number of benzene rings is 1. The van der Waals surface area contributed by atoms with Gasteiger partial charge in [-0.2, -0.15) is 0 Å². The average Bonchev–Trinajstić information content (AvgIpc) is 2.45. The van der Waals surface area contributed by atoms with E-state index in [0.29, 0.717) is 6.54 Å². The van der Waals surface area contributed by atoms with E-state index in [9.17, 15) is 4.79 Å². The van der Waals surface area contributed by atoms with Crippen LogP contribution in [0.3, 0.4) is 0 Å². The Hall–Kier alpha value is -1.39. The normalized spacial score (nSPS) is 17.9. The zero-order valence-corrected chi connectivity index (χ0v) is 13.0. The van der Waals surface area contributed by atoms with Gasteiger partial charge < -0.3 is 15.8 Å². The summed E-state index contributed by atoms with van der Waals surface area (Å²) in [5.74, 6) is -0.0949. The number of rotatable bonds is 7. The third kappa shape index (κ3) is 4.05. The molecule has 0 heterocycles. The predicted octanol–water partition coefficient (Wildman–Crippen LogP) is 2.32. The van der Waals surface area contributed by atoms with E-state index in [-0.39, 0.29) is 11.3 Å². The Morgan fingerprint density at radius 1 is 1.38 bits per heavy atom. The number of nitrogens with one attached hydrogen (secondary N) is 1. The molecule has 1 aromatic rings. The van der Waals surface area contributed by atoms with Crippen molar-refractivity contribution in [1.29, 1.82) is 0 Å². The van der Waals surface area contributed by atoms with Gasteiger partial charge in [-0.05, 0) is 37.2 Å². The van der Waals surface area contributed by atoms with Gasteiger partial charge in [0.2, 0.25) is 5.91 Å². The monoisotopic (exact) mass is 290 g/mol. The van der Waals surface area contributed by atoms with Crippen molar-refractivity contribution in [1.82, 2.24) is 5.32 Å². The highest BCUT2D eigenvalue weighted by molar-refractivity contribution is 5.82. The van der Waals surface area contributed by atoms with Gasteiger partial charge in [0, 0.05) is 20.3 Å². The van der Waals surface area contributed by atoms with Crippen LogP contribution in [0.1, 0.15) is 42.9 Å². The van der Waals surface area contributed by atoms with Crippen LogP contribution in [0.5, 0.6) is 0 Å². The third-order valence-electron chi connectivity index (χ3n) is 4.61. The Balaban J connectivity index is 1.87. The van der Waals surface area contributed by atoms with Crippen molar-refractivity contribution in [2.75, 3.05) is 20.3 Å². The number of hydrogen-bond acceptors (Lipinski definition) is 3. The molecule has 0 radical (unpaired) electrons. The third-order valence-corrected chi connectivity index (χ3v) is 4.61. The smallest absolute Gasteiger partial charge is 0.241 e. The van der Waals surface area contributed by atoms with Crippen LogP contribution < -0.4 is 11.1 Å². The molecule has 0 saturated heterocycles. The number of aryl methyl sites for hydroxylation is 1.